The van der Waals surface area contributed by atoms with Crippen LogP contribution in [0.25, 0.3) is 11.1 Å². The second kappa shape index (κ2) is 7.51. The molecule has 1 heterocycles. The third-order valence-electron chi connectivity index (χ3n) is 3.72. The first kappa shape index (κ1) is 15.9. The summed E-state index contributed by atoms with van der Waals surface area (Å²) >= 11 is 0. The molecule has 1 unspecified atom stereocenters. The van der Waals surface area contributed by atoms with E-state index in [9.17, 15) is 4.79 Å². The lowest BCUT2D eigenvalue weighted by Crippen LogP contribution is -2.27. The Balaban J connectivity index is 1.73. The standard InChI is InChI=1S/C20H18N2O2/c1-2-19(20(23)18-14-21-12-13-22-18)24-17-10-8-16(9-11-17)15-6-4-3-5-7-15/h3-14,19H,2H2,1H3. The SMILES string of the molecule is CCC(Oc1ccc(-c2ccccc2)cc1)C(=O)c1cnccn1. The van der Waals surface area contributed by atoms with Gasteiger partial charge in [-0.2, -0.15) is 0 Å². The van der Waals surface area contributed by atoms with Gasteiger partial charge in [0.2, 0.25) is 5.78 Å². The summed E-state index contributed by atoms with van der Waals surface area (Å²) in [6.45, 7) is 1.91. The van der Waals surface area contributed by atoms with Crippen molar-refractivity contribution < 1.29 is 9.53 Å². The Bertz CT molecular complexity index is 787. The number of ether oxygens (including phenoxy) is 1. The number of Topliss-reactive ketones (excluding diaryl/α,β-unsaturated/α-hetero) is 1. The van der Waals surface area contributed by atoms with Gasteiger partial charge in [-0.3, -0.25) is 9.78 Å². The Morgan fingerprint density at radius 1 is 1.00 bits per heavy atom. The summed E-state index contributed by atoms with van der Waals surface area (Å²) in [4.78, 5) is 20.4. The van der Waals surface area contributed by atoms with E-state index >= 15 is 0 Å². The van der Waals surface area contributed by atoms with Crippen molar-refractivity contribution in [2.75, 3.05) is 0 Å². The molecule has 0 fully saturated rings. The molecule has 120 valence electrons. The summed E-state index contributed by atoms with van der Waals surface area (Å²) in [5, 5.41) is 0. The predicted molar refractivity (Wildman–Crippen MR) is 92.9 cm³/mol. The molecule has 24 heavy (non-hydrogen) atoms. The van der Waals surface area contributed by atoms with Crippen LogP contribution in [0.1, 0.15) is 23.8 Å². The topological polar surface area (TPSA) is 52.1 Å². The predicted octanol–water partition coefficient (Wildman–Crippen LogP) is 4.18. The molecule has 0 amide bonds. The van der Waals surface area contributed by atoms with E-state index in [2.05, 4.69) is 22.1 Å². The first-order valence-corrected chi connectivity index (χ1v) is 7.90. The Kier molecular flexibility index (Phi) is 4.96. The molecule has 3 rings (SSSR count). The maximum absolute atomic E-state index is 12.4. The lowest BCUT2D eigenvalue weighted by molar-refractivity contribution is 0.0781. The van der Waals surface area contributed by atoms with Crippen LogP contribution in [0, 0.1) is 0 Å². The lowest BCUT2D eigenvalue weighted by Gasteiger charge is -2.16. The minimum absolute atomic E-state index is 0.155. The molecule has 0 saturated heterocycles. The van der Waals surface area contributed by atoms with Crippen LogP contribution in [0.5, 0.6) is 5.75 Å². The summed E-state index contributed by atoms with van der Waals surface area (Å²) in [5.41, 5.74) is 2.58. The van der Waals surface area contributed by atoms with Gasteiger partial charge in [0.15, 0.2) is 6.10 Å². The number of aromatic nitrogens is 2. The van der Waals surface area contributed by atoms with Crippen LogP contribution in [0.4, 0.5) is 0 Å². The van der Waals surface area contributed by atoms with Crippen LogP contribution < -0.4 is 4.74 Å². The number of hydrogen-bond acceptors (Lipinski definition) is 4. The maximum atomic E-state index is 12.4. The van der Waals surface area contributed by atoms with Crippen LogP contribution in [0.3, 0.4) is 0 Å². The number of ketones is 1. The average molecular weight is 318 g/mol. The fraction of sp³-hybridized carbons (Fsp3) is 0.150. The van der Waals surface area contributed by atoms with Gasteiger partial charge in [0.25, 0.3) is 0 Å². The van der Waals surface area contributed by atoms with Crippen molar-refractivity contribution in [3.05, 3.63) is 78.9 Å². The van der Waals surface area contributed by atoms with Crippen molar-refractivity contribution in [2.24, 2.45) is 0 Å². The molecule has 0 spiro atoms. The zero-order valence-corrected chi connectivity index (χ0v) is 13.4. The molecule has 0 saturated carbocycles. The third-order valence-corrected chi connectivity index (χ3v) is 3.72. The van der Waals surface area contributed by atoms with Gasteiger partial charge in [-0.25, -0.2) is 4.98 Å². The van der Waals surface area contributed by atoms with Crippen molar-refractivity contribution in [1.82, 2.24) is 9.97 Å². The molecule has 0 radical (unpaired) electrons. The van der Waals surface area contributed by atoms with Crippen molar-refractivity contribution in [2.45, 2.75) is 19.4 Å². The van der Waals surface area contributed by atoms with Gasteiger partial charge in [-0.15, -0.1) is 0 Å². The van der Waals surface area contributed by atoms with Gasteiger partial charge in [0, 0.05) is 12.4 Å². The van der Waals surface area contributed by atoms with Gasteiger partial charge < -0.3 is 4.74 Å². The molecule has 2 aromatic carbocycles. The largest absolute Gasteiger partial charge is 0.482 e. The lowest BCUT2D eigenvalue weighted by atomic mass is 10.1. The van der Waals surface area contributed by atoms with E-state index in [4.69, 9.17) is 4.74 Å². The monoisotopic (exact) mass is 318 g/mol. The zero-order chi connectivity index (χ0) is 16.8. The second-order valence-corrected chi connectivity index (χ2v) is 5.36. The molecule has 0 aliphatic rings. The van der Waals surface area contributed by atoms with E-state index in [-0.39, 0.29) is 5.78 Å². The highest BCUT2D eigenvalue weighted by Crippen LogP contribution is 2.23. The number of carbonyl (C=O) groups excluding carboxylic acids is 1. The zero-order valence-electron chi connectivity index (χ0n) is 13.4. The van der Waals surface area contributed by atoms with Gasteiger partial charge in [0.1, 0.15) is 11.4 Å². The molecule has 3 aromatic rings. The molecular weight excluding hydrogens is 300 g/mol. The Morgan fingerprint density at radius 2 is 1.71 bits per heavy atom. The summed E-state index contributed by atoms with van der Waals surface area (Å²) in [6, 6.07) is 17.9. The normalized spacial score (nSPS) is 11.7. The molecule has 4 nitrogen and oxygen atoms in total. The van der Waals surface area contributed by atoms with Crippen LogP contribution in [-0.2, 0) is 0 Å². The Labute approximate surface area is 141 Å². The maximum Gasteiger partial charge on any atom is 0.223 e. The van der Waals surface area contributed by atoms with Crippen LogP contribution >= 0.6 is 0 Å². The van der Waals surface area contributed by atoms with Gasteiger partial charge in [0.05, 0.1) is 6.20 Å². The molecule has 1 atom stereocenters. The molecule has 0 aliphatic heterocycles. The van der Waals surface area contributed by atoms with Crippen LogP contribution in [-0.4, -0.2) is 21.9 Å². The second-order valence-electron chi connectivity index (χ2n) is 5.36. The van der Waals surface area contributed by atoms with Gasteiger partial charge >= 0.3 is 0 Å². The van der Waals surface area contributed by atoms with E-state index in [1.165, 1.54) is 12.4 Å². The van der Waals surface area contributed by atoms with Crippen molar-refractivity contribution in [3.63, 3.8) is 0 Å². The fourth-order valence-corrected chi connectivity index (χ4v) is 2.43. The first-order valence-electron chi connectivity index (χ1n) is 7.90. The third kappa shape index (κ3) is 3.66. The summed E-state index contributed by atoms with van der Waals surface area (Å²) in [5.74, 6) is 0.511. The molecule has 1 aromatic heterocycles. The summed E-state index contributed by atoms with van der Waals surface area (Å²) < 4.78 is 5.85. The highest BCUT2D eigenvalue weighted by Gasteiger charge is 2.21. The van der Waals surface area contributed by atoms with E-state index in [0.29, 0.717) is 17.9 Å². The minimum Gasteiger partial charge on any atom is -0.482 e. The van der Waals surface area contributed by atoms with Gasteiger partial charge in [-0.1, -0.05) is 49.4 Å². The number of benzene rings is 2. The number of hydrogen-bond donors (Lipinski definition) is 0. The average Bonchev–Trinajstić information content (AvgIpc) is 2.67. The van der Waals surface area contributed by atoms with E-state index < -0.39 is 6.10 Å². The van der Waals surface area contributed by atoms with E-state index in [0.717, 1.165) is 11.1 Å². The van der Waals surface area contributed by atoms with Crippen molar-refractivity contribution in [3.8, 4) is 16.9 Å². The molecule has 0 aliphatic carbocycles. The number of carbonyl (C=O) groups is 1. The Morgan fingerprint density at radius 3 is 2.33 bits per heavy atom. The minimum atomic E-state index is -0.565. The molecular formula is C20H18N2O2. The van der Waals surface area contributed by atoms with E-state index in [1.54, 1.807) is 6.20 Å². The first-order chi connectivity index (χ1) is 11.8. The Hall–Kier alpha value is -3.01. The van der Waals surface area contributed by atoms with E-state index in [1.807, 2.05) is 49.4 Å². The molecule has 4 heteroatoms. The van der Waals surface area contributed by atoms with Gasteiger partial charge in [-0.05, 0) is 29.7 Å². The quantitative estimate of drug-likeness (QED) is 0.640. The molecule has 0 N–H and O–H groups in total. The van der Waals surface area contributed by atoms with Crippen molar-refractivity contribution in [1.29, 1.82) is 0 Å². The number of nitrogens with zero attached hydrogens (tertiary/aromatic N) is 2. The molecule has 0 bridgehead atoms. The van der Waals surface area contributed by atoms with Crippen LogP contribution in [0.2, 0.25) is 0 Å². The fourth-order valence-electron chi connectivity index (χ4n) is 2.43. The highest BCUT2D eigenvalue weighted by atomic mass is 16.5. The smallest absolute Gasteiger partial charge is 0.223 e. The van der Waals surface area contributed by atoms with Crippen molar-refractivity contribution >= 4 is 5.78 Å². The van der Waals surface area contributed by atoms with Crippen LogP contribution in [0.15, 0.2) is 73.2 Å². The number of rotatable bonds is 6. The summed E-state index contributed by atoms with van der Waals surface area (Å²) in [7, 11) is 0. The highest BCUT2D eigenvalue weighted by molar-refractivity contribution is 5.97. The summed E-state index contributed by atoms with van der Waals surface area (Å²) in [6.07, 6.45) is 4.52.